The molecule has 1 amide bonds. The van der Waals surface area contributed by atoms with E-state index in [0.29, 0.717) is 21.8 Å². The Morgan fingerprint density at radius 1 is 1.52 bits per heavy atom. The minimum atomic E-state index is -0.137. The number of H-pyrrole nitrogens is 1. The zero-order chi connectivity index (χ0) is 14.8. The van der Waals surface area contributed by atoms with Gasteiger partial charge in [-0.25, -0.2) is 4.98 Å². The van der Waals surface area contributed by atoms with Gasteiger partial charge in [0.2, 0.25) is 11.1 Å². The van der Waals surface area contributed by atoms with Crippen LogP contribution < -0.4 is 5.32 Å². The van der Waals surface area contributed by atoms with Gasteiger partial charge in [0, 0.05) is 10.4 Å². The molecular formula is C13H12BrClN4OS. The minimum Gasteiger partial charge on any atom is -0.324 e. The highest BCUT2D eigenvalue weighted by molar-refractivity contribution is 9.10. The number of anilines is 1. The van der Waals surface area contributed by atoms with E-state index in [4.69, 9.17) is 11.6 Å². The molecule has 1 aromatic carbocycles. The number of nitrogens with one attached hydrogen (secondary N) is 2. The lowest BCUT2D eigenvalue weighted by Gasteiger charge is -2.06. The van der Waals surface area contributed by atoms with Gasteiger partial charge in [0.25, 0.3) is 0 Å². The summed E-state index contributed by atoms with van der Waals surface area (Å²) in [5.74, 6) is 1.56. The van der Waals surface area contributed by atoms with E-state index in [0.717, 1.165) is 10.3 Å². The number of hydrogen-bond donors (Lipinski definition) is 2. The van der Waals surface area contributed by atoms with E-state index < -0.39 is 0 Å². The molecule has 21 heavy (non-hydrogen) atoms. The first-order chi connectivity index (χ1) is 10.1. The van der Waals surface area contributed by atoms with Crippen molar-refractivity contribution < 1.29 is 4.79 Å². The summed E-state index contributed by atoms with van der Waals surface area (Å²) < 4.78 is 0.869. The van der Waals surface area contributed by atoms with Crippen LogP contribution in [-0.4, -0.2) is 26.8 Å². The van der Waals surface area contributed by atoms with Crippen molar-refractivity contribution in [3.63, 3.8) is 0 Å². The Labute approximate surface area is 139 Å². The van der Waals surface area contributed by atoms with Gasteiger partial charge in [0.1, 0.15) is 5.82 Å². The summed E-state index contributed by atoms with van der Waals surface area (Å²) in [5, 5.41) is 10.9. The van der Waals surface area contributed by atoms with E-state index in [-0.39, 0.29) is 11.7 Å². The molecule has 0 saturated heterocycles. The number of halogens is 2. The molecule has 0 aliphatic heterocycles. The molecule has 1 fully saturated rings. The lowest BCUT2D eigenvalue weighted by molar-refractivity contribution is -0.113. The normalized spacial score (nSPS) is 14.2. The van der Waals surface area contributed by atoms with Crippen LogP contribution in [0.2, 0.25) is 5.02 Å². The van der Waals surface area contributed by atoms with Crippen LogP contribution in [0.25, 0.3) is 0 Å². The number of rotatable bonds is 5. The molecule has 0 atom stereocenters. The molecule has 1 saturated carbocycles. The van der Waals surface area contributed by atoms with Crippen molar-refractivity contribution in [2.75, 3.05) is 11.1 Å². The van der Waals surface area contributed by atoms with Crippen molar-refractivity contribution >= 4 is 50.9 Å². The number of benzene rings is 1. The fourth-order valence-corrected chi connectivity index (χ4v) is 3.10. The second-order valence-electron chi connectivity index (χ2n) is 4.74. The van der Waals surface area contributed by atoms with Crippen molar-refractivity contribution in [1.29, 1.82) is 0 Å². The molecule has 0 bridgehead atoms. The Bertz CT molecular complexity index is 674. The Hall–Kier alpha value is -1.05. The highest BCUT2D eigenvalue weighted by atomic mass is 79.9. The summed E-state index contributed by atoms with van der Waals surface area (Å²) in [7, 11) is 0. The quantitative estimate of drug-likeness (QED) is 0.765. The number of thioether (sulfide) groups is 1. The number of carbonyl (C=O) groups excluding carboxylic acids is 1. The molecule has 3 rings (SSSR count). The summed E-state index contributed by atoms with van der Waals surface area (Å²) in [6.45, 7) is 0. The lowest BCUT2D eigenvalue weighted by atomic mass is 10.3. The average Bonchev–Trinajstić information content (AvgIpc) is 3.19. The van der Waals surface area contributed by atoms with E-state index in [2.05, 4.69) is 36.4 Å². The first-order valence-electron chi connectivity index (χ1n) is 6.42. The van der Waals surface area contributed by atoms with Crippen molar-refractivity contribution in [3.8, 4) is 0 Å². The van der Waals surface area contributed by atoms with Crippen LogP contribution in [0, 0.1) is 0 Å². The monoisotopic (exact) mass is 386 g/mol. The zero-order valence-electron chi connectivity index (χ0n) is 10.9. The first kappa shape index (κ1) is 14.9. The van der Waals surface area contributed by atoms with Crippen LogP contribution >= 0.6 is 39.3 Å². The predicted molar refractivity (Wildman–Crippen MR) is 86.9 cm³/mol. The molecule has 1 aromatic heterocycles. The van der Waals surface area contributed by atoms with E-state index >= 15 is 0 Å². The number of nitrogens with zero attached hydrogens (tertiary/aromatic N) is 2. The van der Waals surface area contributed by atoms with Gasteiger partial charge >= 0.3 is 0 Å². The predicted octanol–water partition coefficient (Wildman–Crippen LogP) is 3.83. The SMILES string of the molecule is O=C(CSc1n[nH]c(C2CC2)n1)Nc1ccc(Br)cc1Cl. The smallest absolute Gasteiger partial charge is 0.234 e. The molecule has 1 aliphatic carbocycles. The van der Waals surface area contributed by atoms with Gasteiger partial charge in [0.15, 0.2) is 0 Å². The Morgan fingerprint density at radius 2 is 2.33 bits per heavy atom. The largest absolute Gasteiger partial charge is 0.324 e. The highest BCUT2D eigenvalue weighted by Gasteiger charge is 2.27. The Morgan fingerprint density at radius 3 is 3.05 bits per heavy atom. The van der Waals surface area contributed by atoms with Crippen LogP contribution in [0.1, 0.15) is 24.6 Å². The second kappa shape index (κ2) is 6.37. The van der Waals surface area contributed by atoms with Gasteiger partial charge in [-0.05, 0) is 31.0 Å². The Kier molecular flexibility index (Phi) is 4.51. The van der Waals surface area contributed by atoms with E-state index in [9.17, 15) is 4.79 Å². The number of aromatic amines is 1. The van der Waals surface area contributed by atoms with Gasteiger partial charge in [-0.15, -0.1) is 5.10 Å². The maximum Gasteiger partial charge on any atom is 0.234 e. The van der Waals surface area contributed by atoms with Gasteiger partial charge in [-0.3, -0.25) is 9.89 Å². The van der Waals surface area contributed by atoms with Crippen molar-refractivity contribution in [1.82, 2.24) is 15.2 Å². The number of carbonyl (C=O) groups is 1. The zero-order valence-corrected chi connectivity index (χ0v) is 14.1. The summed E-state index contributed by atoms with van der Waals surface area (Å²) in [6.07, 6.45) is 2.34. The summed E-state index contributed by atoms with van der Waals surface area (Å²) in [4.78, 5) is 16.3. The van der Waals surface area contributed by atoms with Crippen molar-refractivity contribution in [2.45, 2.75) is 23.9 Å². The maximum absolute atomic E-state index is 11.9. The molecular weight excluding hydrogens is 376 g/mol. The summed E-state index contributed by atoms with van der Waals surface area (Å²) in [6, 6.07) is 5.32. The third-order valence-electron chi connectivity index (χ3n) is 2.98. The average molecular weight is 388 g/mol. The molecule has 110 valence electrons. The van der Waals surface area contributed by atoms with Crippen LogP contribution in [-0.2, 0) is 4.79 Å². The van der Waals surface area contributed by atoms with Crippen LogP contribution in [0.5, 0.6) is 0 Å². The van der Waals surface area contributed by atoms with E-state index in [1.54, 1.807) is 12.1 Å². The molecule has 1 aliphatic rings. The van der Waals surface area contributed by atoms with Crippen LogP contribution in [0.15, 0.2) is 27.8 Å². The summed E-state index contributed by atoms with van der Waals surface area (Å²) >= 11 is 10.7. The van der Waals surface area contributed by atoms with Crippen molar-refractivity contribution in [2.24, 2.45) is 0 Å². The summed E-state index contributed by atoms with van der Waals surface area (Å²) in [5.41, 5.74) is 0.596. The van der Waals surface area contributed by atoms with Gasteiger partial charge in [0.05, 0.1) is 16.5 Å². The number of amides is 1. The third-order valence-corrected chi connectivity index (χ3v) is 4.64. The molecule has 2 N–H and O–H groups in total. The lowest BCUT2D eigenvalue weighted by Crippen LogP contribution is -2.14. The minimum absolute atomic E-state index is 0.137. The molecule has 0 radical (unpaired) electrons. The highest BCUT2D eigenvalue weighted by Crippen LogP contribution is 2.38. The van der Waals surface area contributed by atoms with Crippen LogP contribution in [0.3, 0.4) is 0 Å². The van der Waals surface area contributed by atoms with E-state index in [1.807, 2.05) is 6.07 Å². The molecule has 0 spiro atoms. The van der Waals surface area contributed by atoms with E-state index in [1.165, 1.54) is 24.6 Å². The van der Waals surface area contributed by atoms with Gasteiger partial charge < -0.3 is 5.32 Å². The standard InChI is InChI=1S/C13H12BrClN4OS/c14-8-3-4-10(9(15)5-8)16-11(20)6-21-13-17-12(18-19-13)7-1-2-7/h3-5,7H,1-2,6H2,(H,16,20)(H,17,18,19). The molecule has 5 nitrogen and oxygen atoms in total. The maximum atomic E-state index is 11.9. The fourth-order valence-electron chi connectivity index (χ4n) is 1.77. The number of hydrogen-bond acceptors (Lipinski definition) is 4. The molecule has 2 aromatic rings. The third kappa shape index (κ3) is 3.99. The molecule has 0 unspecified atom stereocenters. The van der Waals surface area contributed by atoms with Gasteiger partial charge in [-0.1, -0.05) is 39.3 Å². The van der Waals surface area contributed by atoms with Crippen LogP contribution in [0.4, 0.5) is 5.69 Å². The molecule has 8 heteroatoms. The second-order valence-corrected chi connectivity index (χ2v) is 7.00. The van der Waals surface area contributed by atoms with Gasteiger partial charge in [-0.2, -0.15) is 0 Å². The first-order valence-corrected chi connectivity index (χ1v) is 8.57. The Balaban J connectivity index is 1.53. The fraction of sp³-hybridized carbons (Fsp3) is 0.308. The van der Waals surface area contributed by atoms with Crippen molar-refractivity contribution in [3.05, 3.63) is 33.5 Å². The number of aromatic nitrogens is 3. The topological polar surface area (TPSA) is 70.7 Å². The molecule has 1 heterocycles.